The average molecular weight is 330 g/mol. The lowest BCUT2D eigenvalue weighted by Gasteiger charge is -2.37. The van der Waals surface area contributed by atoms with Crippen LogP contribution in [0.4, 0.5) is 0 Å². The van der Waals surface area contributed by atoms with Crippen LogP contribution in [0.2, 0.25) is 0 Å². The summed E-state index contributed by atoms with van der Waals surface area (Å²) >= 11 is 0. The number of carbonyl (C=O) groups is 2. The molecule has 3 rings (SSSR count). The standard InChI is InChI=1S/C17H22N4O3/c1-10(2)21-15-12(9-19-21)7-13(8-18-15)16(22)20-6-4-5-14(11(20)3)17(23)24/h7-11,14H,4-6H2,1-3H3,(H,23,24)/t11-,14-/m0/s1. The molecule has 2 aromatic heterocycles. The van der Waals surface area contributed by atoms with E-state index in [-0.39, 0.29) is 18.0 Å². The Balaban J connectivity index is 1.89. The molecule has 1 fully saturated rings. The van der Waals surface area contributed by atoms with Crippen LogP contribution < -0.4 is 0 Å². The number of nitrogens with zero attached hydrogens (tertiary/aromatic N) is 4. The largest absolute Gasteiger partial charge is 0.481 e. The van der Waals surface area contributed by atoms with Gasteiger partial charge >= 0.3 is 5.97 Å². The van der Waals surface area contributed by atoms with E-state index in [0.29, 0.717) is 24.9 Å². The van der Waals surface area contributed by atoms with E-state index in [1.165, 1.54) is 0 Å². The summed E-state index contributed by atoms with van der Waals surface area (Å²) in [5.74, 6) is -1.52. The lowest BCUT2D eigenvalue weighted by molar-refractivity contribution is -0.144. The fourth-order valence-electron chi connectivity index (χ4n) is 3.36. The van der Waals surface area contributed by atoms with Gasteiger partial charge in [-0.05, 0) is 39.7 Å². The van der Waals surface area contributed by atoms with Crippen molar-refractivity contribution in [3.63, 3.8) is 0 Å². The Kier molecular flexibility index (Phi) is 4.26. The average Bonchev–Trinajstić information content (AvgIpc) is 2.97. The molecule has 1 amide bonds. The number of hydrogen-bond acceptors (Lipinski definition) is 4. The minimum absolute atomic E-state index is 0.167. The first-order valence-corrected chi connectivity index (χ1v) is 8.27. The molecular weight excluding hydrogens is 308 g/mol. The molecule has 7 heteroatoms. The van der Waals surface area contributed by atoms with Gasteiger partial charge in [0.25, 0.3) is 5.91 Å². The Hall–Kier alpha value is -2.44. The zero-order valence-corrected chi connectivity index (χ0v) is 14.1. The van der Waals surface area contributed by atoms with Gasteiger partial charge in [-0.2, -0.15) is 5.10 Å². The molecule has 0 radical (unpaired) electrons. The molecule has 1 N–H and O–H groups in total. The van der Waals surface area contributed by atoms with E-state index < -0.39 is 11.9 Å². The molecule has 24 heavy (non-hydrogen) atoms. The summed E-state index contributed by atoms with van der Waals surface area (Å²) in [5, 5.41) is 14.4. The summed E-state index contributed by atoms with van der Waals surface area (Å²) < 4.78 is 1.81. The van der Waals surface area contributed by atoms with Crippen LogP contribution in [-0.2, 0) is 4.79 Å². The molecule has 0 spiro atoms. The highest BCUT2D eigenvalue weighted by molar-refractivity contribution is 5.97. The summed E-state index contributed by atoms with van der Waals surface area (Å²) in [6, 6.07) is 1.65. The van der Waals surface area contributed by atoms with Crippen molar-refractivity contribution in [3.05, 3.63) is 24.0 Å². The number of piperidine rings is 1. The Morgan fingerprint density at radius 3 is 2.75 bits per heavy atom. The number of carboxylic acid groups (broad SMARTS) is 1. The van der Waals surface area contributed by atoms with Crippen molar-refractivity contribution in [1.82, 2.24) is 19.7 Å². The first kappa shape index (κ1) is 16.4. The predicted molar refractivity (Wildman–Crippen MR) is 88.8 cm³/mol. The maximum atomic E-state index is 12.8. The Morgan fingerprint density at radius 2 is 2.08 bits per heavy atom. The van der Waals surface area contributed by atoms with E-state index in [4.69, 9.17) is 0 Å². The minimum atomic E-state index is -0.841. The summed E-state index contributed by atoms with van der Waals surface area (Å²) in [4.78, 5) is 30.2. The van der Waals surface area contributed by atoms with E-state index in [1.807, 2.05) is 18.5 Å². The summed E-state index contributed by atoms with van der Waals surface area (Å²) in [7, 11) is 0. The van der Waals surface area contributed by atoms with Gasteiger partial charge in [-0.3, -0.25) is 9.59 Å². The first-order valence-electron chi connectivity index (χ1n) is 8.27. The van der Waals surface area contributed by atoms with Crippen molar-refractivity contribution in [2.75, 3.05) is 6.54 Å². The predicted octanol–water partition coefficient (Wildman–Crippen LogP) is 2.34. The molecule has 2 aromatic rings. The first-order chi connectivity index (χ1) is 11.4. The maximum Gasteiger partial charge on any atom is 0.308 e. The zero-order valence-electron chi connectivity index (χ0n) is 14.1. The van der Waals surface area contributed by atoms with Crippen LogP contribution in [0.15, 0.2) is 18.5 Å². The second-order valence-corrected chi connectivity index (χ2v) is 6.65. The van der Waals surface area contributed by atoms with Crippen LogP contribution in [0.1, 0.15) is 50.0 Å². The maximum absolute atomic E-state index is 12.8. The Bertz CT molecular complexity index is 783. The smallest absolute Gasteiger partial charge is 0.308 e. The van der Waals surface area contributed by atoms with Gasteiger partial charge in [0, 0.05) is 30.2 Å². The van der Waals surface area contributed by atoms with Crippen LogP contribution >= 0.6 is 0 Å². The van der Waals surface area contributed by atoms with Gasteiger partial charge in [0.05, 0.1) is 17.7 Å². The van der Waals surface area contributed by atoms with Crippen molar-refractivity contribution in [2.45, 2.75) is 45.7 Å². The number of rotatable bonds is 3. The highest BCUT2D eigenvalue weighted by Gasteiger charge is 2.35. The lowest BCUT2D eigenvalue weighted by Crippen LogP contribution is -2.49. The normalized spacial score (nSPS) is 21.4. The van der Waals surface area contributed by atoms with Gasteiger partial charge < -0.3 is 10.0 Å². The van der Waals surface area contributed by atoms with E-state index in [1.54, 1.807) is 30.3 Å². The van der Waals surface area contributed by atoms with Crippen molar-refractivity contribution in [2.24, 2.45) is 5.92 Å². The van der Waals surface area contributed by atoms with Crippen LogP contribution in [0, 0.1) is 5.92 Å². The molecule has 0 saturated carbocycles. The highest BCUT2D eigenvalue weighted by atomic mass is 16.4. The number of pyridine rings is 1. The molecule has 2 atom stereocenters. The molecule has 0 aliphatic carbocycles. The minimum Gasteiger partial charge on any atom is -0.481 e. The van der Waals surface area contributed by atoms with Crippen molar-refractivity contribution in [1.29, 1.82) is 0 Å². The molecule has 3 heterocycles. The van der Waals surface area contributed by atoms with Crippen LogP contribution in [-0.4, -0.2) is 49.2 Å². The number of fused-ring (bicyclic) bond motifs is 1. The second-order valence-electron chi connectivity index (χ2n) is 6.65. The summed E-state index contributed by atoms with van der Waals surface area (Å²) in [5.41, 5.74) is 1.22. The summed E-state index contributed by atoms with van der Waals surface area (Å²) in [6.45, 7) is 6.43. The molecule has 7 nitrogen and oxygen atoms in total. The van der Waals surface area contributed by atoms with Gasteiger partial charge in [0.1, 0.15) is 0 Å². The molecule has 128 valence electrons. The fraction of sp³-hybridized carbons (Fsp3) is 0.529. The summed E-state index contributed by atoms with van der Waals surface area (Å²) in [6.07, 6.45) is 4.58. The number of aromatic nitrogens is 3. The molecular formula is C17H22N4O3. The van der Waals surface area contributed by atoms with Crippen molar-refractivity contribution >= 4 is 22.9 Å². The molecule has 1 saturated heterocycles. The van der Waals surface area contributed by atoms with E-state index in [2.05, 4.69) is 10.1 Å². The van der Waals surface area contributed by atoms with E-state index >= 15 is 0 Å². The Morgan fingerprint density at radius 1 is 1.33 bits per heavy atom. The number of aliphatic carboxylic acids is 1. The van der Waals surface area contributed by atoms with Crippen LogP contribution in [0.3, 0.4) is 0 Å². The molecule has 1 aliphatic rings. The lowest BCUT2D eigenvalue weighted by atomic mass is 9.90. The molecule has 1 aliphatic heterocycles. The highest BCUT2D eigenvalue weighted by Crippen LogP contribution is 2.26. The van der Waals surface area contributed by atoms with Gasteiger partial charge in [-0.1, -0.05) is 0 Å². The van der Waals surface area contributed by atoms with Crippen LogP contribution in [0.5, 0.6) is 0 Å². The van der Waals surface area contributed by atoms with E-state index in [0.717, 1.165) is 11.0 Å². The number of carbonyl (C=O) groups excluding carboxylic acids is 1. The third-order valence-electron chi connectivity index (χ3n) is 4.74. The molecule has 0 aromatic carbocycles. The Labute approximate surface area is 140 Å². The van der Waals surface area contributed by atoms with Crippen molar-refractivity contribution < 1.29 is 14.7 Å². The molecule has 0 bridgehead atoms. The topological polar surface area (TPSA) is 88.3 Å². The number of likely N-dealkylation sites (tertiary alicyclic amines) is 1. The van der Waals surface area contributed by atoms with Gasteiger partial charge in [-0.25, -0.2) is 9.67 Å². The fourth-order valence-corrected chi connectivity index (χ4v) is 3.36. The van der Waals surface area contributed by atoms with Gasteiger partial charge in [0.15, 0.2) is 5.65 Å². The SMILES string of the molecule is CC(C)n1ncc2cc(C(=O)N3CCC[C@H](C(=O)O)[C@@H]3C)cnc21. The number of hydrogen-bond donors (Lipinski definition) is 1. The third kappa shape index (κ3) is 2.74. The molecule has 0 unspecified atom stereocenters. The third-order valence-corrected chi connectivity index (χ3v) is 4.74. The quantitative estimate of drug-likeness (QED) is 0.933. The van der Waals surface area contributed by atoms with Gasteiger partial charge in [-0.15, -0.1) is 0 Å². The zero-order chi connectivity index (χ0) is 17.4. The number of amides is 1. The van der Waals surface area contributed by atoms with E-state index in [9.17, 15) is 14.7 Å². The second kappa shape index (κ2) is 6.22. The monoisotopic (exact) mass is 330 g/mol. The van der Waals surface area contributed by atoms with Gasteiger partial charge in [0.2, 0.25) is 0 Å². The van der Waals surface area contributed by atoms with Crippen molar-refractivity contribution in [3.8, 4) is 0 Å². The number of carboxylic acids is 1. The van der Waals surface area contributed by atoms with Crippen LogP contribution in [0.25, 0.3) is 11.0 Å².